The van der Waals surface area contributed by atoms with Gasteiger partial charge in [0.25, 0.3) is 0 Å². The zero-order valence-electron chi connectivity index (χ0n) is 7.70. The van der Waals surface area contributed by atoms with Gasteiger partial charge in [0.1, 0.15) is 5.82 Å². The first-order chi connectivity index (χ1) is 5.72. The number of hydrogen-bond donors (Lipinski definition) is 1. The van der Waals surface area contributed by atoms with E-state index in [1.165, 1.54) is 0 Å². The molecule has 1 heterocycles. The minimum Gasteiger partial charge on any atom is -0.372 e. The Labute approximate surface area is 72.6 Å². The minimum absolute atomic E-state index is 0.803. The number of aromatic nitrogens is 2. The second-order valence-electron chi connectivity index (χ2n) is 2.88. The number of anilines is 1. The van der Waals surface area contributed by atoms with Crippen LogP contribution in [-0.2, 0) is 6.54 Å². The third kappa shape index (κ3) is 2.47. The molecule has 1 rings (SSSR count). The highest BCUT2D eigenvalue weighted by Crippen LogP contribution is 2.00. The van der Waals surface area contributed by atoms with Crippen LogP contribution in [0.4, 0.5) is 5.82 Å². The van der Waals surface area contributed by atoms with Crippen LogP contribution < -0.4 is 5.32 Å². The van der Waals surface area contributed by atoms with Crippen LogP contribution in [0.25, 0.3) is 0 Å². The molecule has 66 valence electrons. The Kier molecular flexibility index (Phi) is 2.99. The standard InChI is InChI=1S/C8H14N4/c1-9-8-5-10-7(4-11-8)6-12(2)3/h4-5H,6H2,1-3H3,(H,9,11). The number of nitrogens with zero attached hydrogens (tertiary/aromatic N) is 3. The Bertz CT molecular complexity index is 229. The van der Waals surface area contributed by atoms with Gasteiger partial charge in [0.05, 0.1) is 18.1 Å². The average molecular weight is 166 g/mol. The summed E-state index contributed by atoms with van der Waals surface area (Å²) < 4.78 is 0. The smallest absolute Gasteiger partial charge is 0.144 e. The molecule has 0 aliphatic heterocycles. The zero-order chi connectivity index (χ0) is 8.97. The second-order valence-corrected chi connectivity index (χ2v) is 2.88. The van der Waals surface area contributed by atoms with Gasteiger partial charge in [-0.15, -0.1) is 0 Å². The van der Waals surface area contributed by atoms with Gasteiger partial charge in [-0.1, -0.05) is 0 Å². The van der Waals surface area contributed by atoms with Crippen LogP contribution in [0.5, 0.6) is 0 Å². The lowest BCUT2D eigenvalue weighted by molar-refractivity contribution is 0.396. The third-order valence-electron chi connectivity index (χ3n) is 1.44. The number of nitrogens with one attached hydrogen (secondary N) is 1. The molecule has 0 aliphatic carbocycles. The molecule has 0 bridgehead atoms. The maximum atomic E-state index is 4.22. The van der Waals surface area contributed by atoms with E-state index in [0.717, 1.165) is 18.1 Å². The average Bonchev–Trinajstić information content (AvgIpc) is 2.05. The molecule has 4 nitrogen and oxygen atoms in total. The fraction of sp³-hybridized carbons (Fsp3) is 0.500. The predicted octanol–water partition coefficient (Wildman–Crippen LogP) is 0.580. The summed E-state index contributed by atoms with van der Waals surface area (Å²) in [4.78, 5) is 10.4. The van der Waals surface area contributed by atoms with Crippen LogP contribution in [0, 0.1) is 0 Å². The highest BCUT2D eigenvalue weighted by Gasteiger charge is 1.96. The molecule has 0 saturated carbocycles. The maximum absolute atomic E-state index is 4.22. The van der Waals surface area contributed by atoms with Crippen LogP contribution in [0.2, 0.25) is 0 Å². The van der Waals surface area contributed by atoms with Crippen LogP contribution in [0.3, 0.4) is 0 Å². The van der Waals surface area contributed by atoms with Gasteiger partial charge in [-0.2, -0.15) is 0 Å². The summed E-state index contributed by atoms with van der Waals surface area (Å²) in [5, 5.41) is 2.92. The van der Waals surface area contributed by atoms with Gasteiger partial charge >= 0.3 is 0 Å². The lowest BCUT2D eigenvalue weighted by Gasteiger charge is -2.08. The molecule has 0 aliphatic rings. The van der Waals surface area contributed by atoms with Crippen molar-refractivity contribution in [3.63, 3.8) is 0 Å². The first-order valence-electron chi connectivity index (χ1n) is 3.86. The lowest BCUT2D eigenvalue weighted by atomic mass is 10.4. The van der Waals surface area contributed by atoms with Gasteiger partial charge in [0, 0.05) is 13.6 Å². The van der Waals surface area contributed by atoms with E-state index in [2.05, 4.69) is 20.2 Å². The van der Waals surface area contributed by atoms with Gasteiger partial charge in [-0.05, 0) is 14.1 Å². The third-order valence-corrected chi connectivity index (χ3v) is 1.44. The summed E-state index contributed by atoms with van der Waals surface area (Å²) in [5.41, 5.74) is 0.985. The van der Waals surface area contributed by atoms with E-state index >= 15 is 0 Å². The normalized spacial score (nSPS) is 10.3. The highest BCUT2D eigenvalue weighted by atomic mass is 15.1. The SMILES string of the molecule is CNc1cnc(CN(C)C)cn1. The van der Waals surface area contributed by atoms with Crippen molar-refractivity contribution in [3.8, 4) is 0 Å². The Morgan fingerprint density at radius 3 is 2.50 bits per heavy atom. The number of hydrogen-bond acceptors (Lipinski definition) is 4. The van der Waals surface area contributed by atoms with Crippen LogP contribution >= 0.6 is 0 Å². The van der Waals surface area contributed by atoms with Gasteiger partial charge in [0.2, 0.25) is 0 Å². The second kappa shape index (κ2) is 4.01. The molecule has 12 heavy (non-hydrogen) atoms. The van der Waals surface area contributed by atoms with E-state index in [9.17, 15) is 0 Å². The van der Waals surface area contributed by atoms with Gasteiger partial charge in [-0.3, -0.25) is 4.98 Å². The van der Waals surface area contributed by atoms with Crippen LogP contribution in [-0.4, -0.2) is 36.0 Å². The van der Waals surface area contributed by atoms with E-state index in [4.69, 9.17) is 0 Å². The minimum atomic E-state index is 0.803. The van der Waals surface area contributed by atoms with Crippen molar-refractivity contribution in [1.82, 2.24) is 14.9 Å². The topological polar surface area (TPSA) is 41.1 Å². The molecule has 0 unspecified atom stereocenters. The molecule has 4 heteroatoms. The van der Waals surface area contributed by atoms with Crippen molar-refractivity contribution < 1.29 is 0 Å². The first kappa shape index (κ1) is 8.93. The van der Waals surface area contributed by atoms with Crippen molar-refractivity contribution in [1.29, 1.82) is 0 Å². The van der Waals surface area contributed by atoms with Crippen molar-refractivity contribution in [2.75, 3.05) is 26.5 Å². The summed E-state index contributed by atoms with van der Waals surface area (Å²) in [6.07, 6.45) is 3.52. The predicted molar refractivity (Wildman–Crippen MR) is 49.0 cm³/mol. The summed E-state index contributed by atoms with van der Waals surface area (Å²) in [5.74, 6) is 0.803. The zero-order valence-corrected chi connectivity index (χ0v) is 7.70. The van der Waals surface area contributed by atoms with E-state index in [-0.39, 0.29) is 0 Å². The summed E-state index contributed by atoms with van der Waals surface area (Å²) >= 11 is 0. The highest BCUT2D eigenvalue weighted by molar-refractivity contribution is 5.29. The maximum Gasteiger partial charge on any atom is 0.144 e. The summed E-state index contributed by atoms with van der Waals surface area (Å²) in [6.45, 7) is 0.830. The Morgan fingerprint density at radius 2 is 2.08 bits per heavy atom. The molecule has 0 saturated heterocycles. The van der Waals surface area contributed by atoms with E-state index in [1.807, 2.05) is 21.1 Å². The largest absolute Gasteiger partial charge is 0.372 e. The van der Waals surface area contributed by atoms with Crippen molar-refractivity contribution in [2.24, 2.45) is 0 Å². The molecule has 1 aromatic rings. The molecular formula is C8H14N4. The van der Waals surface area contributed by atoms with Gasteiger partial charge in [-0.25, -0.2) is 4.98 Å². The van der Waals surface area contributed by atoms with E-state index in [1.54, 1.807) is 12.4 Å². The summed E-state index contributed by atoms with van der Waals surface area (Å²) in [7, 11) is 5.84. The molecule has 0 atom stereocenters. The quantitative estimate of drug-likeness (QED) is 0.713. The Morgan fingerprint density at radius 1 is 1.33 bits per heavy atom. The van der Waals surface area contributed by atoms with Crippen LogP contribution in [0.1, 0.15) is 5.69 Å². The molecule has 1 aromatic heterocycles. The molecule has 0 fully saturated rings. The molecule has 0 spiro atoms. The molecule has 1 N–H and O–H groups in total. The van der Waals surface area contributed by atoms with Gasteiger partial charge < -0.3 is 10.2 Å². The summed E-state index contributed by atoms with van der Waals surface area (Å²) in [6, 6.07) is 0. The fourth-order valence-corrected chi connectivity index (χ4v) is 0.890. The van der Waals surface area contributed by atoms with Crippen molar-refractivity contribution >= 4 is 5.82 Å². The lowest BCUT2D eigenvalue weighted by Crippen LogP contribution is -2.12. The number of rotatable bonds is 3. The van der Waals surface area contributed by atoms with Gasteiger partial charge in [0.15, 0.2) is 0 Å². The van der Waals surface area contributed by atoms with E-state index in [0.29, 0.717) is 0 Å². The molecular weight excluding hydrogens is 152 g/mol. The molecule has 0 aromatic carbocycles. The monoisotopic (exact) mass is 166 g/mol. The van der Waals surface area contributed by atoms with E-state index < -0.39 is 0 Å². The molecule has 0 radical (unpaired) electrons. The van der Waals surface area contributed by atoms with Crippen molar-refractivity contribution in [2.45, 2.75) is 6.54 Å². The van der Waals surface area contributed by atoms with Crippen LogP contribution in [0.15, 0.2) is 12.4 Å². The Balaban J connectivity index is 2.65. The fourth-order valence-electron chi connectivity index (χ4n) is 0.890. The Hall–Kier alpha value is -1.16. The molecule has 0 amide bonds. The first-order valence-corrected chi connectivity index (χ1v) is 3.86. The van der Waals surface area contributed by atoms with Crippen molar-refractivity contribution in [3.05, 3.63) is 18.1 Å².